The number of fused-ring (bicyclic) bond motifs is 1. The number of nitrogens with one attached hydrogen (secondary N) is 2. The monoisotopic (exact) mass is 336 g/mol. The maximum absolute atomic E-state index is 11.1. The van der Waals surface area contributed by atoms with Crippen molar-refractivity contribution in [1.29, 1.82) is 0 Å². The minimum absolute atomic E-state index is 0.304. The molecule has 0 bridgehead atoms. The first-order valence-corrected chi connectivity index (χ1v) is 7.83. The maximum Gasteiger partial charge on any atom is 0.340 e. The Balaban J connectivity index is 1.71. The molecule has 0 fully saturated rings. The number of hydrogen-bond acceptors (Lipinski definition) is 5. The fraction of sp³-hybridized carbons (Fsp3) is 0.176. The highest BCUT2D eigenvalue weighted by atomic mass is 16.5. The van der Waals surface area contributed by atoms with Crippen LogP contribution in [0.3, 0.4) is 0 Å². The number of aromatic nitrogens is 6. The molecule has 2 N–H and O–H groups in total. The van der Waals surface area contributed by atoms with Crippen molar-refractivity contribution in [2.75, 3.05) is 7.11 Å². The van der Waals surface area contributed by atoms with Crippen molar-refractivity contribution >= 4 is 10.9 Å². The average molecular weight is 336 g/mol. The van der Waals surface area contributed by atoms with Crippen molar-refractivity contribution in [3.8, 4) is 17.3 Å². The summed E-state index contributed by atoms with van der Waals surface area (Å²) in [5, 5.41) is 7.31. The minimum Gasteiger partial charge on any atom is -0.480 e. The summed E-state index contributed by atoms with van der Waals surface area (Å²) in [7, 11) is 1.60. The van der Waals surface area contributed by atoms with Gasteiger partial charge in [0.05, 0.1) is 18.2 Å². The Bertz CT molecular complexity index is 1080. The van der Waals surface area contributed by atoms with Crippen molar-refractivity contribution in [1.82, 2.24) is 29.7 Å². The summed E-state index contributed by atoms with van der Waals surface area (Å²) in [6.07, 6.45) is 4.19. The largest absolute Gasteiger partial charge is 0.480 e. The van der Waals surface area contributed by atoms with E-state index >= 15 is 0 Å². The topological polar surface area (TPSA) is 101 Å². The molecule has 3 heterocycles. The number of ether oxygens (including phenoxy) is 1. The molecule has 0 aliphatic heterocycles. The van der Waals surface area contributed by atoms with Crippen LogP contribution in [0.2, 0.25) is 0 Å². The Morgan fingerprint density at radius 2 is 2.16 bits per heavy atom. The zero-order chi connectivity index (χ0) is 17.2. The van der Waals surface area contributed by atoms with E-state index in [-0.39, 0.29) is 5.69 Å². The third kappa shape index (κ3) is 2.89. The summed E-state index contributed by atoms with van der Waals surface area (Å²) in [4.78, 5) is 22.8. The predicted molar refractivity (Wildman–Crippen MR) is 92.4 cm³/mol. The van der Waals surface area contributed by atoms with Crippen LogP contribution in [0.1, 0.15) is 5.82 Å². The second-order valence-electron chi connectivity index (χ2n) is 5.56. The predicted octanol–water partition coefficient (Wildman–Crippen LogP) is 1.76. The highest BCUT2D eigenvalue weighted by Crippen LogP contribution is 2.30. The van der Waals surface area contributed by atoms with Gasteiger partial charge in [0.15, 0.2) is 0 Å². The number of nitrogens with zero attached hydrogens (tertiary/aromatic N) is 4. The van der Waals surface area contributed by atoms with Crippen LogP contribution in [0.15, 0.2) is 47.5 Å². The smallest absolute Gasteiger partial charge is 0.340 e. The van der Waals surface area contributed by atoms with Gasteiger partial charge in [0.1, 0.15) is 11.6 Å². The summed E-state index contributed by atoms with van der Waals surface area (Å²) < 4.78 is 7.46. The van der Waals surface area contributed by atoms with Gasteiger partial charge >= 0.3 is 5.69 Å². The van der Waals surface area contributed by atoms with Crippen molar-refractivity contribution in [2.45, 2.75) is 13.0 Å². The van der Waals surface area contributed by atoms with E-state index in [1.165, 1.54) is 0 Å². The normalized spacial score (nSPS) is 11.1. The molecule has 3 aromatic heterocycles. The number of rotatable bonds is 5. The minimum atomic E-state index is -0.304. The number of hydrogen-bond donors (Lipinski definition) is 2. The Hall–Kier alpha value is -3.42. The molecule has 0 spiro atoms. The fourth-order valence-electron chi connectivity index (χ4n) is 2.80. The van der Waals surface area contributed by atoms with Crippen LogP contribution in [-0.4, -0.2) is 36.8 Å². The van der Waals surface area contributed by atoms with Gasteiger partial charge in [-0.3, -0.25) is 4.98 Å². The Morgan fingerprint density at radius 1 is 1.28 bits per heavy atom. The second-order valence-corrected chi connectivity index (χ2v) is 5.56. The standard InChI is InChI=1S/C17H16N6O2/c1-25-16-12(10-11-4-2-3-5-13(11)19-16)15-18-7-9-23(15)8-6-14-20-17(24)22-21-14/h2-5,7,9-10H,6,8H2,1H3,(H2,20,21,22,24). The van der Waals surface area contributed by atoms with Crippen LogP contribution in [0.25, 0.3) is 22.3 Å². The number of aryl methyl sites for hydroxylation is 2. The lowest BCUT2D eigenvalue weighted by molar-refractivity contribution is 0.400. The molecule has 0 saturated carbocycles. The second kappa shape index (κ2) is 6.23. The molecule has 0 saturated heterocycles. The molecule has 0 aliphatic rings. The molecule has 4 aromatic rings. The number of para-hydroxylation sites is 1. The first-order valence-electron chi connectivity index (χ1n) is 7.83. The zero-order valence-electron chi connectivity index (χ0n) is 13.6. The lowest BCUT2D eigenvalue weighted by atomic mass is 10.1. The molecule has 0 aliphatic carbocycles. The molecule has 0 amide bonds. The molecule has 0 atom stereocenters. The summed E-state index contributed by atoms with van der Waals surface area (Å²) in [6, 6.07) is 9.90. The van der Waals surface area contributed by atoms with Crippen molar-refractivity contribution in [2.24, 2.45) is 0 Å². The quantitative estimate of drug-likeness (QED) is 0.578. The average Bonchev–Trinajstić information content (AvgIpc) is 3.27. The molecule has 0 radical (unpaired) electrons. The van der Waals surface area contributed by atoms with Gasteiger partial charge in [0.25, 0.3) is 0 Å². The fourth-order valence-corrected chi connectivity index (χ4v) is 2.80. The van der Waals surface area contributed by atoms with Gasteiger partial charge in [0, 0.05) is 30.7 Å². The van der Waals surface area contributed by atoms with Crippen LogP contribution >= 0.6 is 0 Å². The Morgan fingerprint density at radius 3 is 2.96 bits per heavy atom. The molecular formula is C17H16N6O2. The van der Waals surface area contributed by atoms with Gasteiger partial charge < -0.3 is 9.30 Å². The summed E-state index contributed by atoms with van der Waals surface area (Å²) in [5.41, 5.74) is 1.39. The summed E-state index contributed by atoms with van der Waals surface area (Å²) in [5.74, 6) is 1.89. The first kappa shape index (κ1) is 15.1. The summed E-state index contributed by atoms with van der Waals surface area (Å²) in [6.45, 7) is 0.617. The number of methoxy groups -OCH3 is 1. The van der Waals surface area contributed by atoms with Gasteiger partial charge in [-0.1, -0.05) is 18.2 Å². The lowest BCUT2D eigenvalue weighted by Crippen LogP contribution is -2.06. The number of aromatic amines is 2. The molecule has 8 nitrogen and oxygen atoms in total. The van der Waals surface area contributed by atoms with E-state index in [1.807, 2.05) is 41.1 Å². The van der Waals surface area contributed by atoms with Crippen molar-refractivity contribution < 1.29 is 4.74 Å². The molecule has 1 aromatic carbocycles. The third-order valence-electron chi connectivity index (χ3n) is 3.98. The lowest BCUT2D eigenvalue weighted by Gasteiger charge is -2.11. The van der Waals surface area contributed by atoms with Crippen molar-refractivity contribution in [3.63, 3.8) is 0 Å². The summed E-state index contributed by atoms with van der Waals surface area (Å²) >= 11 is 0. The van der Waals surface area contributed by atoms with E-state index in [0.29, 0.717) is 24.7 Å². The molecule has 25 heavy (non-hydrogen) atoms. The van der Waals surface area contributed by atoms with Crippen LogP contribution in [-0.2, 0) is 13.0 Å². The van der Waals surface area contributed by atoms with Gasteiger partial charge in [-0.2, -0.15) is 5.10 Å². The molecule has 4 rings (SSSR count). The third-order valence-corrected chi connectivity index (χ3v) is 3.98. The van der Waals surface area contributed by atoms with Gasteiger partial charge in [-0.15, -0.1) is 0 Å². The number of benzene rings is 1. The van der Waals surface area contributed by atoms with Crippen molar-refractivity contribution in [3.05, 3.63) is 59.0 Å². The van der Waals surface area contributed by atoms with Gasteiger partial charge in [0.2, 0.25) is 5.88 Å². The van der Waals surface area contributed by atoms with Crippen LogP contribution in [0.4, 0.5) is 0 Å². The van der Waals surface area contributed by atoms with Crippen LogP contribution in [0, 0.1) is 0 Å². The first-order chi connectivity index (χ1) is 12.2. The van der Waals surface area contributed by atoms with E-state index < -0.39 is 0 Å². The zero-order valence-corrected chi connectivity index (χ0v) is 13.6. The Labute approximate surface area is 142 Å². The highest BCUT2D eigenvalue weighted by Gasteiger charge is 2.15. The van der Waals surface area contributed by atoms with Gasteiger partial charge in [-0.05, 0) is 12.1 Å². The van der Waals surface area contributed by atoms with Gasteiger partial charge in [-0.25, -0.2) is 19.9 Å². The number of pyridine rings is 1. The SMILES string of the molecule is COc1nc2ccccc2cc1-c1nccn1CCc1n[nH]c(=O)[nH]1. The Kier molecular flexibility index (Phi) is 3.77. The number of imidazole rings is 1. The maximum atomic E-state index is 11.1. The highest BCUT2D eigenvalue weighted by molar-refractivity contribution is 5.84. The van der Waals surface area contributed by atoms with Crippen LogP contribution < -0.4 is 10.4 Å². The molecular weight excluding hydrogens is 320 g/mol. The van der Waals surface area contributed by atoms with E-state index in [9.17, 15) is 4.79 Å². The molecule has 0 unspecified atom stereocenters. The number of H-pyrrole nitrogens is 2. The molecule has 126 valence electrons. The van der Waals surface area contributed by atoms with E-state index in [0.717, 1.165) is 22.3 Å². The van der Waals surface area contributed by atoms with Crippen LogP contribution in [0.5, 0.6) is 5.88 Å². The van der Waals surface area contributed by atoms with E-state index in [2.05, 4.69) is 25.1 Å². The van der Waals surface area contributed by atoms with E-state index in [4.69, 9.17) is 4.74 Å². The van der Waals surface area contributed by atoms with E-state index in [1.54, 1.807) is 13.3 Å². The molecule has 8 heteroatoms.